The molecule has 0 radical (unpaired) electrons. The second kappa shape index (κ2) is 6.24. The van der Waals surface area contributed by atoms with E-state index in [0.717, 1.165) is 24.4 Å². The highest BCUT2D eigenvalue weighted by atomic mass is 16.5. The van der Waals surface area contributed by atoms with Crippen LogP contribution in [0, 0.1) is 6.92 Å². The first-order chi connectivity index (χ1) is 11.7. The predicted octanol–water partition coefficient (Wildman–Crippen LogP) is 1.03. The van der Waals surface area contributed by atoms with Crippen LogP contribution in [0.2, 0.25) is 0 Å². The maximum Gasteiger partial charge on any atom is 0.264 e. The van der Waals surface area contributed by atoms with Crippen LogP contribution in [0.15, 0.2) is 28.8 Å². The molecule has 24 heavy (non-hydrogen) atoms. The van der Waals surface area contributed by atoms with Crippen molar-refractivity contribution < 1.29 is 14.1 Å². The van der Waals surface area contributed by atoms with Crippen LogP contribution in [0.4, 0.5) is 0 Å². The number of carbonyl (C=O) groups is 1. The van der Waals surface area contributed by atoms with Gasteiger partial charge in [0.2, 0.25) is 5.89 Å². The third-order valence-electron chi connectivity index (χ3n) is 4.54. The maximum atomic E-state index is 12.7. The average molecular weight is 328 g/mol. The Balaban J connectivity index is 1.31. The van der Waals surface area contributed by atoms with Gasteiger partial charge in [-0.1, -0.05) is 23.4 Å². The summed E-state index contributed by atoms with van der Waals surface area (Å²) in [6.45, 7) is 5.45. The molecule has 1 atom stereocenters. The van der Waals surface area contributed by atoms with Crippen molar-refractivity contribution in [2.24, 2.45) is 0 Å². The first kappa shape index (κ1) is 15.1. The summed E-state index contributed by atoms with van der Waals surface area (Å²) >= 11 is 0. The minimum absolute atomic E-state index is 0.0845. The summed E-state index contributed by atoms with van der Waals surface area (Å²) in [6.07, 6.45) is 0.283. The zero-order valence-corrected chi connectivity index (χ0v) is 13.6. The Morgan fingerprint density at radius 1 is 1.25 bits per heavy atom. The molecule has 1 saturated heterocycles. The Bertz CT molecular complexity index is 712. The second-order valence-corrected chi connectivity index (χ2v) is 6.25. The van der Waals surface area contributed by atoms with E-state index in [2.05, 4.69) is 15.0 Å². The van der Waals surface area contributed by atoms with E-state index in [0.29, 0.717) is 37.8 Å². The summed E-state index contributed by atoms with van der Waals surface area (Å²) in [5.74, 6) is 2.20. The number of para-hydroxylation sites is 1. The summed E-state index contributed by atoms with van der Waals surface area (Å²) in [6, 6.07) is 7.86. The second-order valence-electron chi connectivity index (χ2n) is 6.25. The number of rotatable bonds is 3. The molecule has 1 fully saturated rings. The molecule has 1 amide bonds. The molecular weight excluding hydrogens is 308 g/mol. The number of piperazine rings is 1. The van der Waals surface area contributed by atoms with E-state index in [1.54, 1.807) is 6.92 Å². The molecule has 1 aromatic carbocycles. The van der Waals surface area contributed by atoms with Crippen molar-refractivity contribution in [3.05, 3.63) is 41.5 Å². The number of hydrogen-bond acceptors (Lipinski definition) is 6. The average Bonchev–Trinajstić information content (AvgIpc) is 3.21. The molecule has 2 aromatic rings. The molecule has 1 aromatic heterocycles. The number of aromatic nitrogens is 2. The fraction of sp³-hybridized carbons (Fsp3) is 0.471. The van der Waals surface area contributed by atoms with Gasteiger partial charge in [-0.15, -0.1) is 0 Å². The highest BCUT2D eigenvalue weighted by Crippen LogP contribution is 2.29. The van der Waals surface area contributed by atoms with Crippen molar-refractivity contribution in [1.82, 2.24) is 19.9 Å². The van der Waals surface area contributed by atoms with Crippen molar-refractivity contribution in [3.8, 4) is 5.75 Å². The standard InChI is InChI=1S/C17H20N4O3/c1-12-18-16(19-24-12)11-20-6-8-21(9-7-20)17(22)15-10-13-4-2-3-5-14(13)23-15/h2-5,15H,6-11H2,1H3. The summed E-state index contributed by atoms with van der Waals surface area (Å²) in [5, 5.41) is 3.92. The predicted molar refractivity (Wildman–Crippen MR) is 85.5 cm³/mol. The van der Waals surface area contributed by atoms with Crippen molar-refractivity contribution >= 4 is 5.91 Å². The molecule has 0 saturated carbocycles. The van der Waals surface area contributed by atoms with Gasteiger partial charge < -0.3 is 14.2 Å². The van der Waals surface area contributed by atoms with Crippen molar-refractivity contribution in [2.45, 2.75) is 26.0 Å². The van der Waals surface area contributed by atoms with E-state index in [1.165, 1.54) is 0 Å². The Labute approximate surface area is 140 Å². The van der Waals surface area contributed by atoms with Gasteiger partial charge in [0.1, 0.15) is 5.75 Å². The molecule has 4 rings (SSSR count). The molecular formula is C17H20N4O3. The van der Waals surface area contributed by atoms with Gasteiger partial charge in [0.15, 0.2) is 11.9 Å². The molecule has 2 aliphatic heterocycles. The van der Waals surface area contributed by atoms with Gasteiger partial charge in [-0.25, -0.2) is 0 Å². The molecule has 0 spiro atoms. The highest BCUT2D eigenvalue weighted by Gasteiger charge is 2.33. The van der Waals surface area contributed by atoms with Crippen LogP contribution in [-0.2, 0) is 17.8 Å². The summed E-state index contributed by atoms with van der Waals surface area (Å²) < 4.78 is 10.8. The van der Waals surface area contributed by atoms with Gasteiger partial charge in [0, 0.05) is 39.5 Å². The minimum atomic E-state index is -0.381. The number of nitrogens with zero attached hydrogens (tertiary/aromatic N) is 4. The van der Waals surface area contributed by atoms with Gasteiger partial charge >= 0.3 is 0 Å². The number of benzene rings is 1. The number of ether oxygens (including phenoxy) is 1. The van der Waals surface area contributed by atoms with Crippen LogP contribution in [0.1, 0.15) is 17.3 Å². The van der Waals surface area contributed by atoms with Crippen molar-refractivity contribution in [3.63, 3.8) is 0 Å². The minimum Gasteiger partial charge on any atom is -0.480 e. The molecule has 0 N–H and O–H groups in total. The summed E-state index contributed by atoms with van der Waals surface area (Å²) in [7, 11) is 0. The third-order valence-corrected chi connectivity index (χ3v) is 4.54. The van der Waals surface area contributed by atoms with Gasteiger partial charge in [0.05, 0.1) is 6.54 Å². The van der Waals surface area contributed by atoms with Gasteiger partial charge in [-0.2, -0.15) is 4.98 Å². The molecule has 0 bridgehead atoms. The van der Waals surface area contributed by atoms with Crippen molar-refractivity contribution in [2.75, 3.05) is 26.2 Å². The number of aryl methyl sites for hydroxylation is 1. The largest absolute Gasteiger partial charge is 0.480 e. The first-order valence-electron chi connectivity index (χ1n) is 8.24. The van der Waals surface area contributed by atoms with E-state index in [4.69, 9.17) is 9.26 Å². The van der Waals surface area contributed by atoms with E-state index in [-0.39, 0.29) is 12.0 Å². The van der Waals surface area contributed by atoms with Gasteiger partial charge in [0.25, 0.3) is 5.91 Å². The SMILES string of the molecule is Cc1nc(CN2CCN(C(=O)C3Cc4ccccc4O3)CC2)no1. The Kier molecular flexibility index (Phi) is 3.93. The molecule has 2 aliphatic rings. The molecule has 1 unspecified atom stereocenters. The number of carbonyl (C=O) groups excluding carboxylic acids is 1. The van der Waals surface area contributed by atoms with Crippen LogP contribution >= 0.6 is 0 Å². The Morgan fingerprint density at radius 3 is 2.75 bits per heavy atom. The normalized spacial score (nSPS) is 20.7. The topological polar surface area (TPSA) is 71.7 Å². The van der Waals surface area contributed by atoms with E-state index >= 15 is 0 Å². The van der Waals surface area contributed by atoms with Gasteiger partial charge in [-0.3, -0.25) is 9.69 Å². The van der Waals surface area contributed by atoms with Crippen molar-refractivity contribution in [1.29, 1.82) is 0 Å². The fourth-order valence-electron chi connectivity index (χ4n) is 3.26. The number of amides is 1. The lowest BCUT2D eigenvalue weighted by molar-refractivity contribution is -0.139. The van der Waals surface area contributed by atoms with E-state index in [9.17, 15) is 4.79 Å². The smallest absolute Gasteiger partial charge is 0.264 e. The fourth-order valence-corrected chi connectivity index (χ4v) is 3.26. The summed E-state index contributed by atoms with van der Waals surface area (Å²) in [4.78, 5) is 21.0. The lowest BCUT2D eigenvalue weighted by Crippen LogP contribution is -2.52. The number of hydrogen-bond donors (Lipinski definition) is 0. The Morgan fingerprint density at radius 2 is 2.04 bits per heavy atom. The van der Waals surface area contributed by atoms with Crippen LogP contribution in [0.3, 0.4) is 0 Å². The van der Waals surface area contributed by atoms with E-state index in [1.807, 2.05) is 29.2 Å². The zero-order valence-electron chi connectivity index (χ0n) is 13.6. The van der Waals surface area contributed by atoms with Crippen LogP contribution in [0.5, 0.6) is 5.75 Å². The molecule has 7 nitrogen and oxygen atoms in total. The lowest BCUT2D eigenvalue weighted by atomic mass is 10.1. The molecule has 3 heterocycles. The Hall–Kier alpha value is -2.41. The zero-order chi connectivity index (χ0) is 16.5. The maximum absolute atomic E-state index is 12.7. The quantitative estimate of drug-likeness (QED) is 0.838. The lowest BCUT2D eigenvalue weighted by Gasteiger charge is -2.35. The molecule has 0 aliphatic carbocycles. The molecule has 7 heteroatoms. The summed E-state index contributed by atoms with van der Waals surface area (Å²) in [5.41, 5.74) is 1.11. The van der Waals surface area contributed by atoms with Gasteiger partial charge in [-0.05, 0) is 11.6 Å². The monoisotopic (exact) mass is 328 g/mol. The highest BCUT2D eigenvalue weighted by molar-refractivity contribution is 5.82. The first-order valence-corrected chi connectivity index (χ1v) is 8.24. The molecule has 126 valence electrons. The van der Waals surface area contributed by atoms with Crippen LogP contribution in [0.25, 0.3) is 0 Å². The van der Waals surface area contributed by atoms with E-state index < -0.39 is 0 Å². The number of fused-ring (bicyclic) bond motifs is 1. The van der Waals surface area contributed by atoms with Crippen LogP contribution < -0.4 is 4.74 Å². The third kappa shape index (κ3) is 2.99. The van der Waals surface area contributed by atoms with Crippen LogP contribution in [-0.4, -0.2) is 58.1 Å².